The topological polar surface area (TPSA) is 42.5 Å². The van der Waals surface area contributed by atoms with Crippen LogP contribution in [0.1, 0.15) is 19.8 Å². The summed E-state index contributed by atoms with van der Waals surface area (Å²) in [5.74, 6) is 0. The molecule has 96 valence electrons. The normalized spacial score (nSPS) is 21.9. The van der Waals surface area contributed by atoms with Gasteiger partial charge in [0, 0.05) is 32.7 Å². The van der Waals surface area contributed by atoms with Crippen LogP contribution in [0.25, 0.3) is 0 Å². The van der Waals surface area contributed by atoms with E-state index >= 15 is 0 Å². The molecule has 0 aliphatic carbocycles. The van der Waals surface area contributed by atoms with E-state index in [9.17, 15) is 0 Å². The van der Waals surface area contributed by atoms with E-state index in [0.29, 0.717) is 5.41 Å². The van der Waals surface area contributed by atoms with Gasteiger partial charge in [-0.1, -0.05) is 0 Å². The van der Waals surface area contributed by atoms with Gasteiger partial charge in [-0.3, -0.25) is 0 Å². The average Bonchev–Trinajstić information content (AvgIpc) is 2.30. The Labute approximate surface area is 99.1 Å². The molecule has 0 spiro atoms. The predicted octanol–water partition coefficient (Wildman–Crippen LogP) is 0.627. The van der Waals surface area contributed by atoms with Crippen molar-refractivity contribution >= 4 is 0 Å². The van der Waals surface area contributed by atoms with Crippen molar-refractivity contribution < 1.29 is 9.47 Å². The molecule has 16 heavy (non-hydrogen) atoms. The number of nitrogens with one attached hydrogen (secondary N) is 2. The summed E-state index contributed by atoms with van der Waals surface area (Å²) in [6.45, 7) is 7.07. The van der Waals surface area contributed by atoms with Crippen LogP contribution in [-0.4, -0.2) is 53.1 Å². The second-order valence-electron chi connectivity index (χ2n) is 4.86. The molecule has 4 heteroatoms. The summed E-state index contributed by atoms with van der Waals surface area (Å²) in [4.78, 5) is 0. The molecule has 1 atom stereocenters. The fraction of sp³-hybridized carbons (Fsp3) is 1.00. The lowest BCUT2D eigenvalue weighted by atomic mass is 9.79. The van der Waals surface area contributed by atoms with E-state index in [4.69, 9.17) is 9.47 Å². The van der Waals surface area contributed by atoms with E-state index < -0.39 is 0 Å². The van der Waals surface area contributed by atoms with Gasteiger partial charge in [-0.2, -0.15) is 0 Å². The van der Waals surface area contributed by atoms with Crippen molar-refractivity contribution in [3.8, 4) is 0 Å². The van der Waals surface area contributed by atoms with Crippen LogP contribution in [0.15, 0.2) is 0 Å². The molecule has 0 amide bonds. The summed E-state index contributed by atoms with van der Waals surface area (Å²) >= 11 is 0. The van der Waals surface area contributed by atoms with E-state index in [1.165, 1.54) is 12.8 Å². The highest BCUT2D eigenvalue weighted by Gasteiger charge is 2.31. The lowest BCUT2D eigenvalue weighted by Gasteiger charge is -2.37. The fourth-order valence-electron chi connectivity index (χ4n) is 2.26. The third kappa shape index (κ3) is 4.37. The van der Waals surface area contributed by atoms with E-state index in [-0.39, 0.29) is 6.10 Å². The van der Waals surface area contributed by atoms with Gasteiger partial charge in [0.05, 0.1) is 12.7 Å². The molecule has 0 bridgehead atoms. The third-order valence-corrected chi connectivity index (χ3v) is 3.45. The Bertz CT molecular complexity index is 176. The second-order valence-corrected chi connectivity index (χ2v) is 4.86. The molecular formula is C12H26N2O2. The zero-order chi connectivity index (χ0) is 11.9. The molecule has 1 heterocycles. The minimum atomic E-state index is 0.279. The van der Waals surface area contributed by atoms with Gasteiger partial charge in [0.2, 0.25) is 0 Å². The molecule has 1 rings (SSSR count). The first-order valence-corrected chi connectivity index (χ1v) is 6.15. The van der Waals surface area contributed by atoms with Gasteiger partial charge in [-0.25, -0.2) is 0 Å². The fourth-order valence-corrected chi connectivity index (χ4v) is 2.26. The molecule has 1 fully saturated rings. The molecule has 0 aromatic carbocycles. The van der Waals surface area contributed by atoms with Crippen LogP contribution in [-0.2, 0) is 9.47 Å². The molecule has 1 aliphatic heterocycles. The van der Waals surface area contributed by atoms with Crippen molar-refractivity contribution in [3.63, 3.8) is 0 Å². The van der Waals surface area contributed by atoms with Gasteiger partial charge >= 0.3 is 0 Å². The summed E-state index contributed by atoms with van der Waals surface area (Å²) in [7, 11) is 3.55. The number of hydrogen-bond acceptors (Lipinski definition) is 4. The van der Waals surface area contributed by atoms with E-state index in [2.05, 4.69) is 17.6 Å². The largest absolute Gasteiger partial charge is 0.384 e. The van der Waals surface area contributed by atoms with Crippen molar-refractivity contribution in [1.29, 1.82) is 0 Å². The molecule has 0 saturated carbocycles. The molecule has 1 unspecified atom stereocenters. The predicted molar refractivity (Wildman–Crippen MR) is 65.8 cm³/mol. The molecule has 2 N–H and O–H groups in total. The molecule has 0 aromatic heterocycles. The average molecular weight is 230 g/mol. The third-order valence-electron chi connectivity index (χ3n) is 3.45. The van der Waals surface area contributed by atoms with Gasteiger partial charge in [0.15, 0.2) is 0 Å². The van der Waals surface area contributed by atoms with Crippen molar-refractivity contribution in [3.05, 3.63) is 0 Å². The number of ether oxygens (including phenoxy) is 2. The summed E-state index contributed by atoms with van der Waals surface area (Å²) in [6.07, 6.45) is 2.66. The molecule has 4 nitrogen and oxygen atoms in total. The smallest absolute Gasteiger partial charge is 0.0667 e. The minimum absolute atomic E-state index is 0.279. The zero-order valence-corrected chi connectivity index (χ0v) is 10.8. The Kier molecular flexibility index (Phi) is 6.28. The van der Waals surface area contributed by atoms with Crippen LogP contribution in [0.3, 0.4) is 0 Å². The van der Waals surface area contributed by atoms with Gasteiger partial charge in [-0.05, 0) is 32.9 Å². The Morgan fingerprint density at radius 3 is 2.56 bits per heavy atom. The van der Waals surface area contributed by atoms with E-state index in [0.717, 1.165) is 32.8 Å². The quantitative estimate of drug-likeness (QED) is 0.673. The SMILES string of the molecule is COCC1(CNCC(C)OC)CCNCC1. The summed E-state index contributed by atoms with van der Waals surface area (Å²) in [6, 6.07) is 0. The second kappa shape index (κ2) is 7.22. The Balaban J connectivity index is 2.32. The van der Waals surface area contributed by atoms with Crippen LogP contribution >= 0.6 is 0 Å². The highest BCUT2D eigenvalue weighted by atomic mass is 16.5. The first-order chi connectivity index (χ1) is 7.72. The maximum Gasteiger partial charge on any atom is 0.0667 e. The first kappa shape index (κ1) is 13.9. The zero-order valence-electron chi connectivity index (χ0n) is 10.8. The molecule has 1 aliphatic rings. The number of piperidine rings is 1. The van der Waals surface area contributed by atoms with Gasteiger partial charge in [-0.15, -0.1) is 0 Å². The van der Waals surface area contributed by atoms with Gasteiger partial charge in [0.1, 0.15) is 0 Å². The maximum atomic E-state index is 5.37. The molecule has 0 aromatic rings. The van der Waals surface area contributed by atoms with Crippen molar-refractivity contribution in [1.82, 2.24) is 10.6 Å². The number of rotatable bonds is 7. The Morgan fingerprint density at radius 1 is 1.31 bits per heavy atom. The first-order valence-electron chi connectivity index (χ1n) is 6.15. The van der Waals surface area contributed by atoms with Crippen LogP contribution < -0.4 is 10.6 Å². The summed E-state index contributed by atoms with van der Waals surface area (Å²) in [5.41, 5.74) is 0.313. The highest BCUT2D eigenvalue weighted by molar-refractivity contribution is 4.86. The van der Waals surface area contributed by atoms with Gasteiger partial charge < -0.3 is 20.1 Å². The van der Waals surface area contributed by atoms with Crippen LogP contribution in [0.2, 0.25) is 0 Å². The Morgan fingerprint density at radius 2 is 2.00 bits per heavy atom. The van der Waals surface area contributed by atoms with Crippen LogP contribution in [0.4, 0.5) is 0 Å². The van der Waals surface area contributed by atoms with E-state index in [1.54, 1.807) is 14.2 Å². The van der Waals surface area contributed by atoms with Crippen molar-refractivity contribution in [2.24, 2.45) is 5.41 Å². The van der Waals surface area contributed by atoms with Crippen molar-refractivity contribution in [2.75, 3.05) is 47.0 Å². The van der Waals surface area contributed by atoms with Crippen LogP contribution in [0, 0.1) is 5.41 Å². The summed E-state index contributed by atoms with van der Waals surface area (Å²) in [5, 5.41) is 6.90. The molecule has 1 saturated heterocycles. The minimum Gasteiger partial charge on any atom is -0.384 e. The molecular weight excluding hydrogens is 204 g/mol. The number of hydrogen-bond donors (Lipinski definition) is 2. The van der Waals surface area contributed by atoms with Crippen molar-refractivity contribution in [2.45, 2.75) is 25.9 Å². The standard InChI is InChI=1S/C12H26N2O2/c1-11(16-3)8-14-9-12(10-15-2)4-6-13-7-5-12/h11,13-14H,4-10H2,1-3H3. The summed E-state index contributed by atoms with van der Waals surface area (Å²) < 4.78 is 10.6. The Hall–Kier alpha value is -0.160. The van der Waals surface area contributed by atoms with Gasteiger partial charge in [0.25, 0.3) is 0 Å². The lowest BCUT2D eigenvalue weighted by Crippen LogP contribution is -2.47. The molecule has 0 radical (unpaired) electrons. The highest BCUT2D eigenvalue weighted by Crippen LogP contribution is 2.28. The van der Waals surface area contributed by atoms with Crippen LogP contribution in [0.5, 0.6) is 0 Å². The maximum absolute atomic E-state index is 5.37. The van der Waals surface area contributed by atoms with E-state index in [1.807, 2.05) is 0 Å². The number of methoxy groups -OCH3 is 2. The lowest BCUT2D eigenvalue weighted by molar-refractivity contribution is 0.0484. The monoisotopic (exact) mass is 230 g/mol.